The zero-order chi connectivity index (χ0) is 16.7. The number of hydrogen-bond donors (Lipinski definition) is 2. The SMILES string of the molecule is C#CCNS(=O)(=O)c1cccc(C(=O)NCc2ccncc2)c1. The third kappa shape index (κ3) is 4.64. The highest BCUT2D eigenvalue weighted by molar-refractivity contribution is 7.89. The van der Waals surface area contributed by atoms with E-state index in [4.69, 9.17) is 6.42 Å². The second-order valence-electron chi connectivity index (χ2n) is 4.59. The molecule has 6 nitrogen and oxygen atoms in total. The molecule has 0 unspecified atom stereocenters. The fraction of sp³-hybridized carbons (Fsp3) is 0.125. The number of hydrogen-bond acceptors (Lipinski definition) is 4. The van der Waals surface area contributed by atoms with Crippen molar-refractivity contribution < 1.29 is 13.2 Å². The van der Waals surface area contributed by atoms with Gasteiger partial charge in [-0.3, -0.25) is 9.78 Å². The Bertz CT molecular complexity index is 827. The minimum atomic E-state index is -3.73. The summed E-state index contributed by atoms with van der Waals surface area (Å²) in [5.74, 6) is 1.83. The smallest absolute Gasteiger partial charge is 0.251 e. The van der Waals surface area contributed by atoms with Crippen LogP contribution in [-0.2, 0) is 16.6 Å². The van der Waals surface area contributed by atoms with Gasteiger partial charge in [0.25, 0.3) is 5.91 Å². The van der Waals surface area contributed by atoms with Crippen molar-refractivity contribution in [1.82, 2.24) is 15.0 Å². The number of carbonyl (C=O) groups is 1. The Labute approximate surface area is 135 Å². The van der Waals surface area contributed by atoms with Crippen molar-refractivity contribution in [3.63, 3.8) is 0 Å². The molecule has 0 aliphatic carbocycles. The van der Waals surface area contributed by atoms with Crippen LogP contribution in [-0.4, -0.2) is 25.9 Å². The number of nitrogens with zero attached hydrogens (tertiary/aromatic N) is 1. The Morgan fingerprint density at radius 3 is 2.65 bits per heavy atom. The fourth-order valence-corrected chi connectivity index (χ4v) is 2.79. The molecule has 1 aromatic carbocycles. The molecule has 7 heteroatoms. The van der Waals surface area contributed by atoms with Crippen molar-refractivity contribution >= 4 is 15.9 Å². The second kappa shape index (κ2) is 7.54. The van der Waals surface area contributed by atoms with Crippen molar-refractivity contribution in [3.8, 4) is 12.3 Å². The number of terminal acetylenes is 1. The highest BCUT2D eigenvalue weighted by Gasteiger charge is 2.15. The van der Waals surface area contributed by atoms with Gasteiger partial charge in [0.05, 0.1) is 11.4 Å². The number of sulfonamides is 1. The molecule has 118 valence electrons. The summed E-state index contributed by atoms with van der Waals surface area (Å²) in [6, 6.07) is 9.32. The van der Waals surface area contributed by atoms with Crippen LogP contribution in [0.25, 0.3) is 0 Å². The Morgan fingerprint density at radius 1 is 1.22 bits per heavy atom. The van der Waals surface area contributed by atoms with E-state index in [-0.39, 0.29) is 22.9 Å². The maximum atomic E-state index is 12.1. The van der Waals surface area contributed by atoms with Crippen LogP contribution in [0.15, 0.2) is 53.7 Å². The van der Waals surface area contributed by atoms with Crippen LogP contribution in [0.3, 0.4) is 0 Å². The van der Waals surface area contributed by atoms with Crippen LogP contribution < -0.4 is 10.0 Å². The first-order valence-electron chi connectivity index (χ1n) is 6.73. The van der Waals surface area contributed by atoms with E-state index in [1.165, 1.54) is 18.2 Å². The average molecular weight is 329 g/mol. The van der Waals surface area contributed by atoms with Gasteiger partial charge in [-0.2, -0.15) is 4.72 Å². The summed E-state index contributed by atoms with van der Waals surface area (Å²) in [5.41, 5.74) is 1.15. The lowest BCUT2D eigenvalue weighted by Crippen LogP contribution is -2.25. The number of aromatic nitrogens is 1. The lowest BCUT2D eigenvalue weighted by atomic mass is 10.2. The minimum Gasteiger partial charge on any atom is -0.348 e. The molecule has 1 heterocycles. The number of carbonyl (C=O) groups excluding carboxylic acids is 1. The average Bonchev–Trinajstić information content (AvgIpc) is 2.59. The molecular weight excluding hydrogens is 314 g/mol. The lowest BCUT2D eigenvalue weighted by molar-refractivity contribution is 0.0950. The molecule has 0 atom stereocenters. The van der Waals surface area contributed by atoms with E-state index in [2.05, 4.69) is 20.9 Å². The van der Waals surface area contributed by atoms with Crippen LogP contribution >= 0.6 is 0 Å². The maximum absolute atomic E-state index is 12.1. The molecule has 0 bridgehead atoms. The summed E-state index contributed by atoms with van der Waals surface area (Å²) in [6.07, 6.45) is 8.30. The van der Waals surface area contributed by atoms with Crippen LogP contribution in [0.4, 0.5) is 0 Å². The summed E-state index contributed by atoms with van der Waals surface area (Å²) in [5, 5.41) is 2.72. The Morgan fingerprint density at radius 2 is 1.96 bits per heavy atom. The third-order valence-corrected chi connectivity index (χ3v) is 4.37. The number of amides is 1. The highest BCUT2D eigenvalue weighted by Crippen LogP contribution is 2.11. The van der Waals surface area contributed by atoms with E-state index in [0.717, 1.165) is 5.56 Å². The summed E-state index contributed by atoms with van der Waals surface area (Å²) in [6.45, 7) is 0.217. The monoisotopic (exact) mass is 329 g/mol. The van der Waals surface area contributed by atoms with Gasteiger partial charge in [0.2, 0.25) is 10.0 Å². The number of rotatable bonds is 6. The van der Waals surface area contributed by atoms with Crippen molar-refractivity contribution in [2.24, 2.45) is 0 Å². The van der Waals surface area contributed by atoms with E-state index >= 15 is 0 Å². The summed E-state index contributed by atoms with van der Waals surface area (Å²) in [7, 11) is -3.73. The van der Waals surface area contributed by atoms with Crippen molar-refractivity contribution in [1.29, 1.82) is 0 Å². The van der Waals surface area contributed by atoms with Crippen molar-refractivity contribution in [2.45, 2.75) is 11.4 Å². The molecule has 0 spiro atoms. The molecule has 2 aromatic rings. The first kappa shape index (κ1) is 16.7. The predicted octanol–water partition coefficient (Wildman–Crippen LogP) is 0.923. The number of pyridine rings is 1. The fourth-order valence-electron chi connectivity index (χ4n) is 1.81. The maximum Gasteiger partial charge on any atom is 0.251 e. The van der Waals surface area contributed by atoms with Gasteiger partial charge in [0.15, 0.2) is 0 Å². The van der Waals surface area contributed by atoms with Crippen molar-refractivity contribution in [2.75, 3.05) is 6.54 Å². The molecule has 2 rings (SSSR count). The summed E-state index contributed by atoms with van der Waals surface area (Å²) < 4.78 is 26.2. The van der Waals surface area contributed by atoms with Crippen molar-refractivity contribution in [3.05, 3.63) is 59.9 Å². The Balaban J connectivity index is 2.10. The van der Waals surface area contributed by atoms with Crippen LogP contribution in [0.2, 0.25) is 0 Å². The van der Waals surface area contributed by atoms with Crippen LogP contribution in [0, 0.1) is 12.3 Å². The molecule has 0 aliphatic rings. The van der Waals surface area contributed by atoms with Gasteiger partial charge >= 0.3 is 0 Å². The van der Waals surface area contributed by atoms with Crippen LogP contribution in [0.1, 0.15) is 15.9 Å². The zero-order valence-corrected chi connectivity index (χ0v) is 13.0. The molecule has 0 saturated carbocycles. The molecule has 1 amide bonds. The Hall–Kier alpha value is -2.69. The first-order valence-corrected chi connectivity index (χ1v) is 8.21. The van der Waals surface area contributed by atoms with Gasteiger partial charge in [-0.1, -0.05) is 12.0 Å². The highest BCUT2D eigenvalue weighted by atomic mass is 32.2. The quantitative estimate of drug-likeness (QED) is 0.772. The molecule has 23 heavy (non-hydrogen) atoms. The lowest BCUT2D eigenvalue weighted by Gasteiger charge is -2.08. The molecule has 0 saturated heterocycles. The van der Waals surface area contributed by atoms with E-state index in [1.807, 2.05) is 0 Å². The van der Waals surface area contributed by atoms with Gasteiger partial charge in [-0.25, -0.2) is 8.42 Å². The predicted molar refractivity (Wildman–Crippen MR) is 85.9 cm³/mol. The standard InChI is InChI=1S/C16H15N3O3S/c1-2-8-19-23(21,22)15-5-3-4-14(11-15)16(20)18-12-13-6-9-17-10-7-13/h1,3-7,9-11,19H,8,12H2,(H,18,20). The van der Waals surface area contributed by atoms with E-state index in [0.29, 0.717) is 6.54 Å². The van der Waals surface area contributed by atoms with Gasteiger partial charge in [0, 0.05) is 24.5 Å². The van der Waals surface area contributed by atoms with E-state index in [1.54, 1.807) is 30.6 Å². The zero-order valence-electron chi connectivity index (χ0n) is 12.2. The molecule has 1 aromatic heterocycles. The van der Waals surface area contributed by atoms with E-state index < -0.39 is 10.0 Å². The summed E-state index contributed by atoms with van der Waals surface area (Å²) >= 11 is 0. The molecule has 0 fully saturated rings. The molecule has 0 aliphatic heterocycles. The summed E-state index contributed by atoms with van der Waals surface area (Å²) in [4.78, 5) is 16.0. The van der Waals surface area contributed by atoms with E-state index in [9.17, 15) is 13.2 Å². The normalized spacial score (nSPS) is 10.7. The number of benzene rings is 1. The first-order chi connectivity index (χ1) is 11.0. The number of nitrogens with one attached hydrogen (secondary N) is 2. The van der Waals surface area contributed by atoms with Gasteiger partial charge in [-0.15, -0.1) is 6.42 Å². The van der Waals surface area contributed by atoms with Gasteiger partial charge in [0.1, 0.15) is 0 Å². The largest absolute Gasteiger partial charge is 0.348 e. The third-order valence-electron chi connectivity index (χ3n) is 2.97. The molecule has 0 radical (unpaired) electrons. The Kier molecular flexibility index (Phi) is 5.46. The molecule has 2 N–H and O–H groups in total. The second-order valence-corrected chi connectivity index (χ2v) is 6.36. The minimum absolute atomic E-state index is 0.00990. The van der Waals surface area contributed by atoms with Crippen LogP contribution in [0.5, 0.6) is 0 Å². The van der Waals surface area contributed by atoms with Gasteiger partial charge < -0.3 is 5.32 Å². The molecular formula is C16H15N3O3S. The van der Waals surface area contributed by atoms with Gasteiger partial charge in [-0.05, 0) is 35.9 Å². The topological polar surface area (TPSA) is 88.2 Å².